The lowest BCUT2D eigenvalue weighted by Crippen LogP contribution is -1.98. The van der Waals surface area contributed by atoms with E-state index in [9.17, 15) is 10.1 Å². The zero-order valence-electron chi connectivity index (χ0n) is 14.7. The number of ether oxygens (including phenoxy) is 1. The standard InChI is InChI=1S/C18H14N6O3S/c1-27-15-4-2-3-14(9-15)23-17-16(21-22-23)18(20-11-19-17)28-10-12-5-7-13(8-6-12)24(25)26/h2-9,11H,10H2,1H3. The van der Waals surface area contributed by atoms with Crippen molar-refractivity contribution in [3.63, 3.8) is 0 Å². The molecule has 0 aliphatic carbocycles. The summed E-state index contributed by atoms with van der Waals surface area (Å²) in [6.45, 7) is 0. The molecule has 0 radical (unpaired) electrons. The molecule has 4 rings (SSSR count). The summed E-state index contributed by atoms with van der Waals surface area (Å²) in [5.41, 5.74) is 2.99. The number of nitro groups is 1. The van der Waals surface area contributed by atoms with Crippen LogP contribution in [-0.2, 0) is 5.75 Å². The number of rotatable bonds is 6. The summed E-state index contributed by atoms with van der Waals surface area (Å²) in [5, 5.41) is 19.9. The molecule has 140 valence electrons. The molecule has 0 unspecified atom stereocenters. The highest BCUT2D eigenvalue weighted by Crippen LogP contribution is 2.28. The third-order valence-corrected chi connectivity index (χ3v) is 5.07. The topological polar surface area (TPSA) is 109 Å². The van der Waals surface area contributed by atoms with Crippen molar-refractivity contribution in [1.29, 1.82) is 0 Å². The van der Waals surface area contributed by atoms with Gasteiger partial charge in [-0.3, -0.25) is 10.1 Å². The lowest BCUT2D eigenvalue weighted by Gasteiger charge is -2.05. The van der Waals surface area contributed by atoms with Gasteiger partial charge in [0.25, 0.3) is 5.69 Å². The molecule has 4 aromatic rings. The maximum Gasteiger partial charge on any atom is 0.269 e. The molecule has 9 nitrogen and oxygen atoms in total. The highest BCUT2D eigenvalue weighted by Gasteiger charge is 2.14. The SMILES string of the molecule is COc1cccc(-n2nnc3c(SCc4ccc([N+](=O)[O-])cc4)ncnc32)c1. The zero-order chi connectivity index (χ0) is 19.5. The van der Waals surface area contributed by atoms with E-state index in [0.29, 0.717) is 27.7 Å². The molecule has 0 atom stereocenters. The number of aromatic nitrogens is 5. The summed E-state index contributed by atoms with van der Waals surface area (Å²) in [6.07, 6.45) is 1.47. The van der Waals surface area contributed by atoms with Crippen LogP contribution in [0.25, 0.3) is 16.9 Å². The maximum absolute atomic E-state index is 10.8. The highest BCUT2D eigenvalue weighted by atomic mass is 32.2. The molecular formula is C18H14N6O3S. The van der Waals surface area contributed by atoms with Gasteiger partial charge in [0.2, 0.25) is 0 Å². The second-order valence-corrected chi connectivity index (χ2v) is 6.73. The predicted molar refractivity (Wildman–Crippen MR) is 104 cm³/mol. The van der Waals surface area contributed by atoms with Crippen LogP contribution in [0.5, 0.6) is 5.75 Å². The number of benzene rings is 2. The van der Waals surface area contributed by atoms with Crippen molar-refractivity contribution in [2.45, 2.75) is 10.8 Å². The Morgan fingerprint density at radius 3 is 2.75 bits per heavy atom. The molecule has 2 aromatic carbocycles. The molecule has 2 aromatic heterocycles. The van der Waals surface area contributed by atoms with Crippen LogP contribution in [0, 0.1) is 10.1 Å². The smallest absolute Gasteiger partial charge is 0.269 e. The Kier molecular flexibility index (Phi) is 4.85. The molecule has 0 bridgehead atoms. The van der Waals surface area contributed by atoms with Crippen LogP contribution in [-0.4, -0.2) is 37.0 Å². The fourth-order valence-corrected chi connectivity index (χ4v) is 3.50. The fraction of sp³-hybridized carbons (Fsp3) is 0.111. The van der Waals surface area contributed by atoms with Crippen LogP contribution >= 0.6 is 11.8 Å². The van der Waals surface area contributed by atoms with Crippen molar-refractivity contribution in [3.05, 3.63) is 70.5 Å². The minimum absolute atomic E-state index is 0.0689. The Balaban J connectivity index is 1.60. The van der Waals surface area contributed by atoms with Crippen molar-refractivity contribution in [2.24, 2.45) is 0 Å². The first-order valence-electron chi connectivity index (χ1n) is 8.22. The van der Waals surface area contributed by atoms with Gasteiger partial charge in [0.1, 0.15) is 17.1 Å². The number of non-ortho nitro benzene ring substituents is 1. The van der Waals surface area contributed by atoms with Crippen LogP contribution < -0.4 is 4.74 Å². The van der Waals surface area contributed by atoms with Gasteiger partial charge in [0.15, 0.2) is 11.2 Å². The highest BCUT2D eigenvalue weighted by molar-refractivity contribution is 7.98. The van der Waals surface area contributed by atoms with Gasteiger partial charge in [-0.15, -0.1) is 5.10 Å². The summed E-state index contributed by atoms with van der Waals surface area (Å²) in [4.78, 5) is 19.0. The predicted octanol–water partition coefficient (Wildman–Crippen LogP) is 3.42. The Morgan fingerprint density at radius 2 is 2.00 bits per heavy atom. The lowest BCUT2D eigenvalue weighted by molar-refractivity contribution is -0.384. The molecule has 10 heteroatoms. The third kappa shape index (κ3) is 3.49. The number of hydrogen-bond donors (Lipinski definition) is 0. The third-order valence-electron chi connectivity index (χ3n) is 4.02. The molecule has 0 saturated carbocycles. The number of hydrogen-bond acceptors (Lipinski definition) is 8. The van der Waals surface area contributed by atoms with Gasteiger partial charge in [0, 0.05) is 24.0 Å². The number of nitrogens with zero attached hydrogens (tertiary/aromatic N) is 6. The second-order valence-electron chi connectivity index (χ2n) is 5.77. The maximum atomic E-state index is 10.8. The molecule has 0 N–H and O–H groups in total. The summed E-state index contributed by atoms with van der Waals surface area (Å²) >= 11 is 1.47. The van der Waals surface area contributed by atoms with Crippen molar-refractivity contribution in [2.75, 3.05) is 7.11 Å². The Morgan fingerprint density at radius 1 is 1.18 bits per heavy atom. The number of thioether (sulfide) groups is 1. The average Bonchev–Trinajstić information content (AvgIpc) is 3.17. The summed E-state index contributed by atoms with van der Waals surface area (Å²) in [7, 11) is 1.60. The van der Waals surface area contributed by atoms with Crippen LogP contribution in [0.15, 0.2) is 59.9 Å². The van der Waals surface area contributed by atoms with E-state index in [-0.39, 0.29) is 5.69 Å². The van der Waals surface area contributed by atoms with Gasteiger partial charge in [-0.05, 0) is 17.7 Å². The molecule has 0 spiro atoms. The molecule has 0 saturated heterocycles. The Labute approximate surface area is 163 Å². The van der Waals surface area contributed by atoms with Gasteiger partial charge in [-0.25, -0.2) is 9.97 Å². The van der Waals surface area contributed by atoms with Crippen LogP contribution in [0.4, 0.5) is 5.69 Å². The van der Waals surface area contributed by atoms with Crippen molar-refractivity contribution < 1.29 is 9.66 Å². The van der Waals surface area contributed by atoms with Crippen LogP contribution in [0.1, 0.15) is 5.56 Å². The first-order valence-corrected chi connectivity index (χ1v) is 9.21. The average molecular weight is 394 g/mol. The van der Waals surface area contributed by atoms with E-state index in [1.165, 1.54) is 30.2 Å². The van der Waals surface area contributed by atoms with Crippen LogP contribution in [0.2, 0.25) is 0 Å². The lowest BCUT2D eigenvalue weighted by atomic mass is 10.2. The van der Waals surface area contributed by atoms with E-state index < -0.39 is 4.92 Å². The fourth-order valence-electron chi connectivity index (χ4n) is 2.62. The van der Waals surface area contributed by atoms with Gasteiger partial charge >= 0.3 is 0 Å². The van der Waals surface area contributed by atoms with E-state index in [0.717, 1.165) is 11.3 Å². The van der Waals surface area contributed by atoms with Gasteiger partial charge in [-0.2, -0.15) is 4.68 Å². The number of fused-ring (bicyclic) bond motifs is 1. The minimum atomic E-state index is -0.415. The molecule has 0 aliphatic heterocycles. The number of methoxy groups -OCH3 is 1. The van der Waals surface area contributed by atoms with Gasteiger partial charge in [0.05, 0.1) is 17.7 Å². The first kappa shape index (κ1) is 17.9. The molecule has 0 amide bonds. The summed E-state index contributed by atoms with van der Waals surface area (Å²) in [6, 6.07) is 13.9. The van der Waals surface area contributed by atoms with E-state index in [1.54, 1.807) is 23.9 Å². The normalized spacial score (nSPS) is 10.9. The van der Waals surface area contributed by atoms with Crippen molar-refractivity contribution >= 4 is 28.6 Å². The summed E-state index contributed by atoms with van der Waals surface area (Å²) < 4.78 is 6.89. The van der Waals surface area contributed by atoms with Crippen LogP contribution in [0.3, 0.4) is 0 Å². The summed E-state index contributed by atoms with van der Waals surface area (Å²) in [5.74, 6) is 1.30. The van der Waals surface area contributed by atoms with E-state index in [1.807, 2.05) is 24.3 Å². The molecule has 2 heterocycles. The van der Waals surface area contributed by atoms with Gasteiger partial charge in [-0.1, -0.05) is 35.2 Å². The molecule has 28 heavy (non-hydrogen) atoms. The largest absolute Gasteiger partial charge is 0.497 e. The quantitative estimate of drug-likeness (QED) is 0.212. The van der Waals surface area contributed by atoms with E-state index >= 15 is 0 Å². The molecule has 0 aliphatic rings. The number of nitro benzene ring substituents is 1. The van der Waals surface area contributed by atoms with E-state index in [2.05, 4.69) is 20.3 Å². The van der Waals surface area contributed by atoms with Crippen molar-refractivity contribution in [3.8, 4) is 11.4 Å². The zero-order valence-corrected chi connectivity index (χ0v) is 15.5. The van der Waals surface area contributed by atoms with E-state index in [4.69, 9.17) is 4.74 Å². The first-order chi connectivity index (χ1) is 13.7. The minimum Gasteiger partial charge on any atom is -0.497 e. The second kappa shape index (κ2) is 7.61. The van der Waals surface area contributed by atoms with Crippen molar-refractivity contribution in [1.82, 2.24) is 25.0 Å². The van der Waals surface area contributed by atoms with Gasteiger partial charge < -0.3 is 4.74 Å². The Bertz CT molecular complexity index is 1150. The Hall–Kier alpha value is -3.53. The molecule has 0 fully saturated rings. The monoisotopic (exact) mass is 394 g/mol. The molecular weight excluding hydrogens is 380 g/mol.